The van der Waals surface area contributed by atoms with E-state index in [1.54, 1.807) is 6.07 Å². The van der Waals surface area contributed by atoms with Crippen molar-refractivity contribution in [3.63, 3.8) is 0 Å². The first-order valence-electron chi connectivity index (χ1n) is 6.91. The Labute approximate surface area is 120 Å². The first-order chi connectivity index (χ1) is 9.32. The van der Waals surface area contributed by atoms with Crippen molar-refractivity contribution < 1.29 is 4.79 Å². The molecule has 0 atom stereocenters. The van der Waals surface area contributed by atoms with Gasteiger partial charge in [-0.15, -0.1) is 0 Å². The summed E-state index contributed by atoms with van der Waals surface area (Å²) in [5.41, 5.74) is 6.99. The molecule has 20 heavy (non-hydrogen) atoms. The minimum absolute atomic E-state index is 0.0597. The van der Waals surface area contributed by atoms with Crippen LogP contribution in [0, 0.1) is 22.7 Å². The highest BCUT2D eigenvalue weighted by Gasteiger charge is 2.65. The third-order valence-corrected chi connectivity index (χ3v) is 4.79. The van der Waals surface area contributed by atoms with Crippen molar-refractivity contribution in [2.24, 2.45) is 16.6 Å². The number of hydrogen-bond acceptors (Lipinski definition) is 2. The van der Waals surface area contributed by atoms with Crippen LogP contribution >= 0.6 is 0 Å². The predicted octanol–water partition coefficient (Wildman–Crippen LogP) is 2.16. The Morgan fingerprint density at radius 2 is 1.85 bits per heavy atom. The largest absolute Gasteiger partial charge is 0.348 e. The van der Waals surface area contributed by atoms with Gasteiger partial charge in [0.05, 0.1) is 12.1 Å². The van der Waals surface area contributed by atoms with Crippen LogP contribution in [0.5, 0.6) is 0 Å². The van der Waals surface area contributed by atoms with Crippen molar-refractivity contribution in [1.82, 2.24) is 5.32 Å². The maximum absolute atomic E-state index is 12.4. The first-order valence-corrected chi connectivity index (χ1v) is 6.91. The lowest BCUT2D eigenvalue weighted by molar-refractivity contribution is 0.0943. The number of amides is 1. The molecule has 1 saturated carbocycles. The number of nitrogens with two attached hydrogens (primary N) is 1. The summed E-state index contributed by atoms with van der Waals surface area (Å²) >= 11 is 0. The molecule has 1 aliphatic carbocycles. The molecular formula is C17H22N2O. The zero-order valence-corrected chi connectivity index (χ0v) is 12.6. The van der Waals surface area contributed by atoms with Crippen molar-refractivity contribution in [1.29, 1.82) is 0 Å². The van der Waals surface area contributed by atoms with Crippen LogP contribution in [-0.4, -0.2) is 18.5 Å². The van der Waals surface area contributed by atoms with Crippen LogP contribution < -0.4 is 11.1 Å². The lowest BCUT2D eigenvalue weighted by Crippen LogP contribution is -2.30. The summed E-state index contributed by atoms with van der Waals surface area (Å²) in [5.74, 6) is 5.69. The van der Waals surface area contributed by atoms with Crippen LogP contribution in [-0.2, 0) is 0 Å². The molecule has 3 heteroatoms. The minimum Gasteiger partial charge on any atom is -0.348 e. The van der Waals surface area contributed by atoms with Crippen molar-refractivity contribution >= 4 is 5.91 Å². The summed E-state index contributed by atoms with van der Waals surface area (Å²) in [6.45, 7) is 9.00. The average Bonchev–Trinajstić information content (AvgIpc) is 2.79. The monoisotopic (exact) mass is 270 g/mol. The van der Waals surface area contributed by atoms with Crippen LogP contribution in [0.1, 0.15) is 43.6 Å². The molecule has 0 saturated heterocycles. The van der Waals surface area contributed by atoms with E-state index in [-0.39, 0.29) is 22.8 Å². The molecule has 0 aromatic heterocycles. The summed E-state index contributed by atoms with van der Waals surface area (Å²) in [7, 11) is 0. The predicted molar refractivity (Wildman–Crippen MR) is 81.2 cm³/mol. The van der Waals surface area contributed by atoms with E-state index in [1.165, 1.54) is 0 Å². The van der Waals surface area contributed by atoms with Gasteiger partial charge in [0.15, 0.2) is 0 Å². The van der Waals surface area contributed by atoms with Crippen LogP contribution in [0.3, 0.4) is 0 Å². The number of hydrogen-bond donors (Lipinski definition) is 2. The third kappa shape index (κ3) is 2.32. The van der Waals surface area contributed by atoms with Gasteiger partial charge >= 0.3 is 0 Å². The maximum atomic E-state index is 12.4. The topological polar surface area (TPSA) is 55.1 Å². The molecule has 0 bridgehead atoms. The number of carbonyl (C=O) groups excluding carboxylic acids is 1. The summed E-state index contributed by atoms with van der Waals surface area (Å²) < 4.78 is 0. The molecule has 0 unspecified atom stereocenters. The van der Waals surface area contributed by atoms with Crippen LogP contribution in [0.15, 0.2) is 24.3 Å². The fourth-order valence-corrected chi connectivity index (χ4v) is 2.70. The van der Waals surface area contributed by atoms with Gasteiger partial charge in [-0.25, -0.2) is 0 Å². The van der Waals surface area contributed by atoms with Crippen LogP contribution in [0.4, 0.5) is 0 Å². The van der Waals surface area contributed by atoms with Crippen molar-refractivity contribution in [3.8, 4) is 11.8 Å². The van der Waals surface area contributed by atoms with E-state index < -0.39 is 0 Å². The Morgan fingerprint density at radius 1 is 1.25 bits per heavy atom. The van der Waals surface area contributed by atoms with Gasteiger partial charge in [-0.3, -0.25) is 4.79 Å². The molecule has 106 valence electrons. The Kier molecular flexibility index (Phi) is 3.62. The number of nitrogens with one attached hydrogen (secondary N) is 1. The molecule has 1 aromatic rings. The van der Waals surface area contributed by atoms with E-state index in [9.17, 15) is 4.79 Å². The van der Waals surface area contributed by atoms with Gasteiger partial charge < -0.3 is 11.1 Å². The first kappa shape index (κ1) is 14.6. The van der Waals surface area contributed by atoms with Crippen LogP contribution in [0.2, 0.25) is 0 Å². The third-order valence-electron chi connectivity index (χ3n) is 4.79. The van der Waals surface area contributed by atoms with E-state index >= 15 is 0 Å². The molecular weight excluding hydrogens is 248 g/mol. The fraction of sp³-hybridized carbons (Fsp3) is 0.471. The van der Waals surface area contributed by atoms with Gasteiger partial charge in [-0.05, 0) is 23.0 Å². The number of carbonyl (C=O) groups is 1. The Balaban J connectivity index is 2.19. The van der Waals surface area contributed by atoms with Gasteiger partial charge in [0, 0.05) is 11.6 Å². The van der Waals surface area contributed by atoms with Crippen molar-refractivity contribution in [2.45, 2.75) is 33.7 Å². The second-order valence-corrected chi connectivity index (χ2v) is 6.40. The smallest absolute Gasteiger partial charge is 0.252 e. The van der Waals surface area contributed by atoms with E-state index in [0.717, 1.165) is 5.56 Å². The van der Waals surface area contributed by atoms with E-state index in [1.807, 2.05) is 18.2 Å². The van der Waals surface area contributed by atoms with E-state index in [2.05, 4.69) is 44.9 Å². The van der Waals surface area contributed by atoms with Gasteiger partial charge in [0.2, 0.25) is 0 Å². The van der Waals surface area contributed by atoms with Gasteiger partial charge in [0.25, 0.3) is 5.91 Å². The quantitative estimate of drug-likeness (QED) is 0.809. The molecule has 3 N–H and O–H groups in total. The summed E-state index contributed by atoms with van der Waals surface area (Å²) in [6.07, 6.45) is 0. The lowest BCUT2D eigenvalue weighted by atomic mass is 10.0. The minimum atomic E-state index is -0.0597. The normalized spacial score (nSPS) is 18.9. The Hall–Kier alpha value is -1.79. The van der Waals surface area contributed by atoms with Crippen LogP contribution in [0.25, 0.3) is 0 Å². The van der Waals surface area contributed by atoms with Crippen molar-refractivity contribution in [3.05, 3.63) is 35.4 Å². The zero-order chi connectivity index (χ0) is 15.0. The molecule has 3 nitrogen and oxygen atoms in total. The van der Waals surface area contributed by atoms with E-state index in [4.69, 9.17) is 5.73 Å². The number of benzene rings is 1. The molecule has 1 fully saturated rings. The maximum Gasteiger partial charge on any atom is 0.252 e. The highest BCUT2D eigenvalue weighted by atomic mass is 16.1. The Morgan fingerprint density at radius 3 is 2.40 bits per heavy atom. The van der Waals surface area contributed by atoms with Gasteiger partial charge in [-0.2, -0.15) is 0 Å². The standard InChI is InChI=1S/C17H22N2O/c1-16(2)15(17(16,3)4)19-14(20)13-10-6-5-8-12(13)9-7-11-18/h5-6,8,10,15H,11,18H2,1-4H3,(H,19,20). The summed E-state index contributed by atoms with van der Waals surface area (Å²) in [5, 5.41) is 3.13. The molecule has 2 rings (SSSR count). The van der Waals surface area contributed by atoms with Gasteiger partial charge in [-0.1, -0.05) is 51.7 Å². The highest BCUT2D eigenvalue weighted by molar-refractivity contribution is 5.97. The lowest BCUT2D eigenvalue weighted by Gasteiger charge is -2.08. The van der Waals surface area contributed by atoms with Gasteiger partial charge in [0.1, 0.15) is 0 Å². The number of rotatable bonds is 2. The molecule has 0 aliphatic heterocycles. The second-order valence-electron chi connectivity index (χ2n) is 6.40. The summed E-state index contributed by atoms with van der Waals surface area (Å²) in [6, 6.07) is 7.57. The molecule has 0 heterocycles. The van der Waals surface area contributed by atoms with Crippen molar-refractivity contribution in [2.75, 3.05) is 6.54 Å². The molecule has 0 radical (unpaired) electrons. The molecule has 1 aliphatic rings. The summed E-state index contributed by atoms with van der Waals surface area (Å²) in [4.78, 5) is 12.4. The Bertz CT molecular complexity index is 576. The molecule has 0 spiro atoms. The van der Waals surface area contributed by atoms with E-state index in [0.29, 0.717) is 12.1 Å². The molecule has 1 amide bonds. The highest BCUT2D eigenvalue weighted by Crippen LogP contribution is 2.62. The molecule has 1 aromatic carbocycles. The zero-order valence-electron chi connectivity index (χ0n) is 12.6. The fourth-order valence-electron chi connectivity index (χ4n) is 2.70. The SMILES string of the molecule is CC1(C)C(NC(=O)c2ccccc2C#CCN)C1(C)C. The average molecular weight is 270 g/mol. The second kappa shape index (κ2) is 4.96.